The van der Waals surface area contributed by atoms with Crippen LogP contribution in [0.3, 0.4) is 0 Å². The lowest BCUT2D eigenvalue weighted by molar-refractivity contribution is -0.138. The van der Waals surface area contributed by atoms with E-state index in [2.05, 4.69) is 20.6 Å². The number of rotatable bonds is 12. The van der Waals surface area contributed by atoms with Crippen LogP contribution in [0.15, 0.2) is 60.7 Å². The summed E-state index contributed by atoms with van der Waals surface area (Å²) in [6, 6.07) is 18.8. The number of hydrogen-bond acceptors (Lipinski definition) is 7. The van der Waals surface area contributed by atoms with Crippen molar-refractivity contribution >= 4 is 35.0 Å². The van der Waals surface area contributed by atoms with Gasteiger partial charge >= 0.3 is 5.97 Å². The van der Waals surface area contributed by atoms with E-state index < -0.39 is 5.97 Å². The van der Waals surface area contributed by atoms with Gasteiger partial charge in [-0.05, 0) is 36.8 Å². The fourth-order valence-corrected chi connectivity index (χ4v) is 3.13. The van der Waals surface area contributed by atoms with Gasteiger partial charge in [-0.2, -0.15) is 4.98 Å². The maximum atomic E-state index is 12.3. The molecule has 3 N–H and O–H groups in total. The standard InChI is InChI=1S/C25H29N5O4/c1-18-16-22(30(2)13-15-34-14-12-24(32)33)29-25(26-18)28-21-10-8-20(9-11-21)27-23(31)17-19-6-4-3-5-7-19/h3-11,16H,12-15,17H2,1-2H3,(H,27,31)(H,32,33)(H,26,28,29). The molecule has 0 atom stereocenters. The fraction of sp³-hybridized carbons (Fsp3) is 0.280. The van der Waals surface area contributed by atoms with E-state index in [-0.39, 0.29) is 18.9 Å². The Kier molecular flexibility index (Phi) is 8.93. The van der Waals surface area contributed by atoms with E-state index in [4.69, 9.17) is 9.84 Å². The first kappa shape index (κ1) is 24.7. The van der Waals surface area contributed by atoms with Crippen molar-refractivity contribution in [2.45, 2.75) is 19.8 Å². The van der Waals surface area contributed by atoms with Crippen molar-refractivity contribution in [2.75, 3.05) is 42.3 Å². The molecule has 0 aliphatic heterocycles. The van der Waals surface area contributed by atoms with Gasteiger partial charge < -0.3 is 25.4 Å². The molecule has 34 heavy (non-hydrogen) atoms. The molecule has 0 saturated heterocycles. The Morgan fingerprint density at radius 3 is 2.41 bits per heavy atom. The normalized spacial score (nSPS) is 10.5. The van der Waals surface area contributed by atoms with Crippen LogP contribution in [0, 0.1) is 6.92 Å². The van der Waals surface area contributed by atoms with Gasteiger partial charge in [0.15, 0.2) is 0 Å². The van der Waals surface area contributed by atoms with Crippen molar-refractivity contribution < 1.29 is 19.4 Å². The zero-order chi connectivity index (χ0) is 24.3. The molecule has 1 aromatic heterocycles. The predicted molar refractivity (Wildman–Crippen MR) is 132 cm³/mol. The van der Waals surface area contributed by atoms with Gasteiger partial charge in [-0.1, -0.05) is 30.3 Å². The summed E-state index contributed by atoms with van der Waals surface area (Å²) >= 11 is 0. The number of likely N-dealkylation sites (N-methyl/N-ethyl adjacent to an activating group) is 1. The van der Waals surface area contributed by atoms with Crippen LogP contribution in [-0.2, 0) is 20.7 Å². The van der Waals surface area contributed by atoms with E-state index in [0.717, 1.165) is 22.8 Å². The van der Waals surface area contributed by atoms with Crippen LogP contribution in [0.2, 0.25) is 0 Å². The number of nitrogens with one attached hydrogen (secondary N) is 2. The monoisotopic (exact) mass is 463 g/mol. The summed E-state index contributed by atoms with van der Waals surface area (Å²) in [5, 5.41) is 14.7. The van der Waals surface area contributed by atoms with Crippen LogP contribution in [-0.4, -0.2) is 53.8 Å². The highest BCUT2D eigenvalue weighted by molar-refractivity contribution is 5.92. The summed E-state index contributed by atoms with van der Waals surface area (Å²) in [5.41, 5.74) is 3.26. The molecule has 3 aromatic rings. The first-order valence-electron chi connectivity index (χ1n) is 11.0. The molecule has 0 saturated carbocycles. The molecule has 0 aliphatic rings. The molecule has 0 radical (unpaired) electrons. The number of carboxylic acid groups (broad SMARTS) is 1. The number of benzene rings is 2. The largest absolute Gasteiger partial charge is 0.481 e. The van der Waals surface area contributed by atoms with Crippen LogP contribution < -0.4 is 15.5 Å². The molecule has 0 unspecified atom stereocenters. The summed E-state index contributed by atoms with van der Waals surface area (Å²) < 4.78 is 5.35. The number of anilines is 4. The van der Waals surface area contributed by atoms with Gasteiger partial charge in [0.05, 0.1) is 26.1 Å². The molecule has 1 amide bonds. The number of aliphatic carboxylic acids is 1. The smallest absolute Gasteiger partial charge is 0.305 e. The zero-order valence-electron chi connectivity index (χ0n) is 19.3. The number of carboxylic acids is 1. The Labute approximate surface area is 198 Å². The lowest BCUT2D eigenvalue weighted by Crippen LogP contribution is -2.24. The molecule has 178 valence electrons. The van der Waals surface area contributed by atoms with E-state index in [0.29, 0.717) is 31.2 Å². The molecule has 2 aromatic carbocycles. The Hall–Kier alpha value is -3.98. The Balaban J connectivity index is 1.54. The van der Waals surface area contributed by atoms with Gasteiger partial charge in [-0.25, -0.2) is 4.98 Å². The second-order valence-electron chi connectivity index (χ2n) is 7.78. The third-order valence-corrected chi connectivity index (χ3v) is 4.90. The van der Waals surface area contributed by atoms with Gasteiger partial charge in [-0.15, -0.1) is 0 Å². The first-order valence-corrected chi connectivity index (χ1v) is 11.0. The maximum absolute atomic E-state index is 12.3. The van der Waals surface area contributed by atoms with Crippen molar-refractivity contribution in [2.24, 2.45) is 0 Å². The molecule has 0 aliphatic carbocycles. The summed E-state index contributed by atoms with van der Waals surface area (Å²) in [7, 11) is 1.89. The number of aryl methyl sites for hydroxylation is 1. The number of carbonyl (C=O) groups excluding carboxylic acids is 1. The van der Waals surface area contributed by atoms with Gasteiger partial charge in [0.1, 0.15) is 5.82 Å². The molecule has 0 fully saturated rings. The van der Waals surface area contributed by atoms with E-state index in [9.17, 15) is 9.59 Å². The molecular formula is C25H29N5O4. The van der Waals surface area contributed by atoms with Gasteiger partial charge in [0.25, 0.3) is 0 Å². The summed E-state index contributed by atoms with van der Waals surface area (Å²) in [4.78, 5) is 33.7. The summed E-state index contributed by atoms with van der Waals surface area (Å²) in [6.07, 6.45) is 0.304. The molecule has 0 bridgehead atoms. The first-order chi connectivity index (χ1) is 16.4. The molecular weight excluding hydrogens is 434 g/mol. The van der Waals surface area contributed by atoms with E-state index >= 15 is 0 Å². The zero-order valence-corrected chi connectivity index (χ0v) is 19.3. The van der Waals surface area contributed by atoms with Gasteiger partial charge in [0.2, 0.25) is 11.9 Å². The number of aromatic nitrogens is 2. The number of nitrogens with zero attached hydrogens (tertiary/aromatic N) is 3. The van der Waals surface area contributed by atoms with Crippen molar-refractivity contribution in [3.63, 3.8) is 0 Å². The average molecular weight is 464 g/mol. The third-order valence-electron chi connectivity index (χ3n) is 4.90. The Bertz CT molecular complexity index is 1090. The number of amides is 1. The minimum Gasteiger partial charge on any atom is -0.481 e. The van der Waals surface area contributed by atoms with E-state index in [1.54, 1.807) is 0 Å². The van der Waals surface area contributed by atoms with Gasteiger partial charge in [0, 0.05) is 36.7 Å². The van der Waals surface area contributed by atoms with E-state index in [1.165, 1.54) is 0 Å². The average Bonchev–Trinajstić information content (AvgIpc) is 2.80. The van der Waals surface area contributed by atoms with Crippen LogP contribution in [0.4, 0.5) is 23.1 Å². The highest BCUT2D eigenvalue weighted by atomic mass is 16.5. The highest BCUT2D eigenvalue weighted by Gasteiger charge is 2.09. The molecule has 9 nitrogen and oxygen atoms in total. The van der Waals surface area contributed by atoms with Crippen LogP contribution >= 0.6 is 0 Å². The molecule has 3 rings (SSSR count). The lowest BCUT2D eigenvalue weighted by atomic mass is 10.1. The van der Waals surface area contributed by atoms with Crippen LogP contribution in [0.5, 0.6) is 0 Å². The maximum Gasteiger partial charge on any atom is 0.305 e. The number of hydrogen-bond donors (Lipinski definition) is 3. The third kappa shape index (κ3) is 8.18. The minimum absolute atomic E-state index is 0.0140. The summed E-state index contributed by atoms with van der Waals surface area (Å²) in [6.45, 7) is 3.03. The number of carbonyl (C=O) groups is 2. The topological polar surface area (TPSA) is 117 Å². The molecule has 0 spiro atoms. The molecule has 1 heterocycles. The predicted octanol–water partition coefficient (Wildman–Crippen LogP) is 3.64. The van der Waals surface area contributed by atoms with Gasteiger partial charge in [-0.3, -0.25) is 9.59 Å². The number of ether oxygens (including phenoxy) is 1. The lowest BCUT2D eigenvalue weighted by Gasteiger charge is -2.19. The van der Waals surface area contributed by atoms with Crippen molar-refractivity contribution in [3.05, 3.63) is 71.9 Å². The highest BCUT2D eigenvalue weighted by Crippen LogP contribution is 2.20. The summed E-state index contributed by atoms with van der Waals surface area (Å²) in [5.74, 6) is 0.225. The second-order valence-corrected chi connectivity index (χ2v) is 7.78. The van der Waals surface area contributed by atoms with Crippen LogP contribution in [0.1, 0.15) is 17.7 Å². The minimum atomic E-state index is -0.877. The Morgan fingerprint density at radius 2 is 1.71 bits per heavy atom. The fourth-order valence-electron chi connectivity index (χ4n) is 3.13. The molecule has 9 heteroatoms. The quantitative estimate of drug-likeness (QED) is 0.349. The van der Waals surface area contributed by atoms with Crippen LogP contribution in [0.25, 0.3) is 0 Å². The van der Waals surface area contributed by atoms with Crippen molar-refractivity contribution in [1.29, 1.82) is 0 Å². The van der Waals surface area contributed by atoms with Crippen molar-refractivity contribution in [1.82, 2.24) is 9.97 Å². The van der Waals surface area contributed by atoms with Crippen molar-refractivity contribution in [3.8, 4) is 0 Å². The second kappa shape index (κ2) is 12.3. The Morgan fingerprint density at radius 1 is 1.00 bits per heavy atom. The SMILES string of the molecule is Cc1cc(N(C)CCOCCC(=O)O)nc(Nc2ccc(NC(=O)Cc3ccccc3)cc2)n1. The van der Waals surface area contributed by atoms with E-state index in [1.807, 2.05) is 79.5 Å².